The van der Waals surface area contributed by atoms with Crippen LogP contribution in [-0.4, -0.2) is 34.9 Å². The molecule has 0 spiro atoms. The molecular weight excluding hydrogens is 303 g/mol. The Morgan fingerprint density at radius 2 is 2.05 bits per heavy atom. The van der Waals surface area contributed by atoms with Crippen molar-refractivity contribution < 1.29 is 14.3 Å². The minimum Gasteiger partial charge on any atom is -0.444 e. The van der Waals surface area contributed by atoms with Crippen LogP contribution < -0.4 is 0 Å². The van der Waals surface area contributed by atoms with E-state index in [-0.39, 0.29) is 10.7 Å². The molecule has 0 bridgehead atoms. The van der Waals surface area contributed by atoms with Gasteiger partial charge in [-0.25, -0.2) is 4.79 Å². The summed E-state index contributed by atoms with van der Waals surface area (Å²) in [7, 11) is 1.44. The van der Waals surface area contributed by atoms with Gasteiger partial charge in [-0.1, -0.05) is 23.2 Å². The Morgan fingerprint density at radius 3 is 2.50 bits per heavy atom. The molecular formula is C13H16Cl2N2O3. The summed E-state index contributed by atoms with van der Waals surface area (Å²) in [6.45, 7) is 5.21. The Hall–Kier alpha value is -1.33. The summed E-state index contributed by atoms with van der Waals surface area (Å²) >= 11 is 11.8. The van der Waals surface area contributed by atoms with Crippen LogP contribution in [0.1, 0.15) is 32.5 Å². The van der Waals surface area contributed by atoms with Crippen LogP contribution in [0.5, 0.6) is 0 Å². The van der Waals surface area contributed by atoms with Crippen molar-refractivity contribution in [2.75, 3.05) is 7.05 Å². The molecule has 7 heteroatoms. The van der Waals surface area contributed by atoms with E-state index in [1.54, 1.807) is 20.8 Å². The van der Waals surface area contributed by atoms with Gasteiger partial charge in [-0.15, -0.1) is 0 Å². The maximum Gasteiger partial charge on any atom is 0.410 e. The van der Waals surface area contributed by atoms with E-state index in [4.69, 9.17) is 27.9 Å². The van der Waals surface area contributed by atoms with Crippen LogP contribution in [0, 0.1) is 0 Å². The van der Waals surface area contributed by atoms with Crippen molar-refractivity contribution in [1.82, 2.24) is 9.88 Å². The number of hydrogen-bond donors (Lipinski definition) is 0. The van der Waals surface area contributed by atoms with E-state index < -0.39 is 17.7 Å². The maximum atomic E-state index is 12.0. The van der Waals surface area contributed by atoms with Crippen LogP contribution in [0.3, 0.4) is 0 Å². The Labute approximate surface area is 127 Å². The van der Waals surface area contributed by atoms with Crippen LogP contribution in [0.2, 0.25) is 10.0 Å². The molecule has 0 N–H and O–H groups in total. The zero-order valence-electron chi connectivity index (χ0n) is 11.7. The summed E-state index contributed by atoms with van der Waals surface area (Å²) in [4.78, 5) is 28.4. The molecule has 1 aromatic rings. The first kappa shape index (κ1) is 16.7. The second-order valence-electron chi connectivity index (χ2n) is 5.19. The Bertz CT molecular complexity index is 515. The van der Waals surface area contributed by atoms with Crippen LogP contribution in [0.25, 0.3) is 0 Å². The molecule has 0 radical (unpaired) electrons. The first-order chi connectivity index (χ1) is 9.15. The molecule has 0 aliphatic heterocycles. The minimum absolute atomic E-state index is 0.213. The number of carbonyl (C=O) groups is 2. The lowest BCUT2D eigenvalue weighted by molar-refractivity contribution is -0.112. The molecule has 1 heterocycles. The quantitative estimate of drug-likeness (QED) is 0.800. The summed E-state index contributed by atoms with van der Waals surface area (Å²) in [5.41, 5.74) is -0.407. The number of likely N-dealkylation sites (N-methyl/N-ethyl adjacent to an activating group) is 1. The molecule has 1 atom stereocenters. The number of ether oxygens (including phenoxy) is 1. The van der Waals surface area contributed by atoms with Crippen molar-refractivity contribution in [3.05, 3.63) is 28.0 Å². The molecule has 0 aromatic carbocycles. The van der Waals surface area contributed by atoms with Gasteiger partial charge in [0.25, 0.3) is 0 Å². The van der Waals surface area contributed by atoms with Crippen molar-refractivity contribution in [1.29, 1.82) is 0 Å². The zero-order chi connectivity index (χ0) is 15.5. The van der Waals surface area contributed by atoms with Gasteiger partial charge >= 0.3 is 6.09 Å². The summed E-state index contributed by atoms with van der Waals surface area (Å²) in [6.07, 6.45) is 1.30. The molecule has 0 saturated heterocycles. The average Bonchev–Trinajstić information content (AvgIpc) is 2.30. The lowest BCUT2D eigenvalue weighted by Gasteiger charge is -2.28. The van der Waals surface area contributed by atoms with Crippen molar-refractivity contribution in [2.45, 2.75) is 32.4 Å². The van der Waals surface area contributed by atoms with Crippen LogP contribution in [0.4, 0.5) is 4.79 Å². The second kappa shape index (κ2) is 6.41. The lowest BCUT2D eigenvalue weighted by Crippen LogP contribution is -2.37. The monoisotopic (exact) mass is 318 g/mol. The van der Waals surface area contributed by atoms with Gasteiger partial charge in [0.15, 0.2) is 0 Å². The van der Waals surface area contributed by atoms with Gasteiger partial charge in [-0.05, 0) is 26.8 Å². The van der Waals surface area contributed by atoms with Gasteiger partial charge in [0.2, 0.25) is 0 Å². The van der Waals surface area contributed by atoms with E-state index in [1.807, 2.05) is 0 Å². The van der Waals surface area contributed by atoms with E-state index >= 15 is 0 Å². The van der Waals surface area contributed by atoms with Gasteiger partial charge in [0.1, 0.15) is 17.9 Å². The molecule has 20 heavy (non-hydrogen) atoms. The molecule has 0 saturated carbocycles. The fraction of sp³-hybridized carbons (Fsp3) is 0.462. The number of hydrogen-bond acceptors (Lipinski definition) is 4. The number of aromatic nitrogens is 1. The SMILES string of the molecule is CN(C(=O)OC(C)(C)C)C(C=O)c1ncc(Cl)cc1Cl. The van der Waals surface area contributed by atoms with Crippen molar-refractivity contribution in [2.24, 2.45) is 0 Å². The number of amides is 1. The molecule has 0 aliphatic carbocycles. The summed E-state index contributed by atoms with van der Waals surface area (Å²) in [6, 6.07) is 0.528. The molecule has 1 unspecified atom stereocenters. The summed E-state index contributed by atoms with van der Waals surface area (Å²) < 4.78 is 5.20. The highest BCUT2D eigenvalue weighted by molar-refractivity contribution is 6.34. The minimum atomic E-state index is -0.936. The van der Waals surface area contributed by atoms with E-state index in [2.05, 4.69) is 4.98 Å². The lowest BCUT2D eigenvalue weighted by atomic mass is 10.2. The smallest absolute Gasteiger partial charge is 0.410 e. The number of nitrogens with zero attached hydrogens (tertiary/aromatic N) is 2. The standard InChI is InChI=1S/C13H16Cl2N2O3/c1-13(2,3)20-12(19)17(4)10(7-18)11-9(15)5-8(14)6-16-11/h5-7,10H,1-4H3. The molecule has 0 aliphatic rings. The van der Waals surface area contributed by atoms with E-state index in [0.717, 1.165) is 4.90 Å². The molecule has 1 aromatic heterocycles. The molecule has 110 valence electrons. The molecule has 0 fully saturated rings. The van der Waals surface area contributed by atoms with Gasteiger partial charge < -0.3 is 9.53 Å². The fourth-order valence-electron chi connectivity index (χ4n) is 1.43. The van der Waals surface area contributed by atoms with Crippen molar-refractivity contribution in [3.63, 3.8) is 0 Å². The fourth-order valence-corrected chi connectivity index (χ4v) is 1.92. The molecule has 1 amide bonds. The third-order valence-electron chi connectivity index (χ3n) is 2.34. The van der Waals surface area contributed by atoms with Gasteiger partial charge in [-0.2, -0.15) is 0 Å². The van der Waals surface area contributed by atoms with E-state index in [9.17, 15) is 9.59 Å². The van der Waals surface area contributed by atoms with Gasteiger partial charge in [0.05, 0.1) is 15.7 Å². The predicted octanol–water partition coefficient (Wildman–Crippen LogP) is 3.50. The van der Waals surface area contributed by atoms with Gasteiger partial charge in [0, 0.05) is 13.2 Å². The van der Waals surface area contributed by atoms with Crippen LogP contribution in [0.15, 0.2) is 12.3 Å². The number of halogens is 2. The highest BCUT2D eigenvalue weighted by atomic mass is 35.5. The van der Waals surface area contributed by atoms with Crippen molar-refractivity contribution >= 4 is 35.6 Å². The highest BCUT2D eigenvalue weighted by Crippen LogP contribution is 2.26. The Kier molecular flexibility index (Phi) is 5.36. The van der Waals surface area contributed by atoms with Crippen LogP contribution in [-0.2, 0) is 9.53 Å². The number of aldehydes is 1. The number of carbonyl (C=O) groups excluding carboxylic acids is 2. The first-order valence-electron chi connectivity index (χ1n) is 5.87. The summed E-state index contributed by atoms with van der Waals surface area (Å²) in [5.74, 6) is 0. The van der Waals surface area contributed by atoms with Crippen LogP contribution >= 0.6 is 23.2 Å². The topological polar surface area (TPSA) is 59.5 Å². The zero-order valence-corrected chi connectivity index (χ0v) is 13.2. The molecule has 1 rings (SSSR count). The Balaban J connectivity index is 3.01. The van der Waals surface area contributed by atoms with E-state index in [0.29, 0.717) is 11.3 Å². The first-order valence-corrected chi connectivity index (χ1v) is 6.63. The predicted molar refractivity (Wildman–Crippen MR) is 77.1 cm³/mol. The summed E-state index contributed by atoms with van der Waals surface area (Å²) in [5, 5.41) is 0.563. The number of pyridine rings is 1. The van der Waals surface area contributed by atoms with E-state index in [1.165, 1.54) is 19.3 Å². The normalized spacial score (nSPS) is 12.7. The molecule has 5 nitrogen and oxygen atoms in total. The average molecular weight is 319 g/mol. The third-order valence-corrected chi connectivity index (χ3v) is 2.85. The van der Waals surface area contributed by atoms with Gasteiger partial charge in [-0.3, -0.25) is 9.88 Å². The third kappa shape index (κ3) is 4.35. The highest BCUT2D eigenvalue weighted by Gasteiger charge is 2.28. The largest absolute Gasteiger partial charge is 0.444 e. The number of rotatable bonds is 3. The Morgan fingerprint density at radius 1 is 1.45 bits per heavy atom. The van der Waals surface area contributed by atoms with Crippen molar-refractivity contribution in [3.8, 4) is 0 Å². The maximum absolute atomic E-state index is 12.0. The second-order valence-corrected chi connectivity index (χ2v) is 6.04.